The third kappa shape index (κ3) is 5.23. The lowest BCUT2D eigenvalue weighted by Crippen LogP contribution is -2.21. The molecular weight excluding hydrogens is 386 g/mol. The Bertz CT molecular complexity index is 999. The van der Waals surface area contributed by atoms with Gasteiger partial charge in [-0.2, -0.15) is 0 Å². The van der Waals surface area contributed by atoms with Crippen molar-refractivity contribution < 1.29 is 32.2 Å². The lowest BCUT2D eigenvalue weighted by molar-refractivity contribution is -0.119. The Hall–Kier alpha value is -3.07. The molecule has 2 rings (SSSR count). The van der Waals surface area contributed by atoms with Crippen molar-refractivity contribution in [1.29, 1.82) is 0 Å². The van der Waals surface area contributed by atoms with Crippen molar-refractivity contribution in [3.63, 3.8) is 0 Å². The molecule has 9 heteroatoms. The Morgan fingerprint density at radius 1 is 1.04 bits per heavy atom. The van der Waals surface area contributed by atoms with Gasteiger partial charge in [-0.15, -0.1) is 0 Å². The summed E-state index contributed by atoms with van der Waals surface area (Å²) >= 11 is 0. The summed E-state index contributed by atoms with van der Waals surface area (Å²) in [6.07, 6.45) is 1.04. The molecule has 150 valence electrons. The van der Waals surface area contributed by atoms with Gasteiger partial charge in [-0.3, -0.25) is 4.79 Å². The maximum Gasteiger partial charge on any atom is 0.338 e. The summed E-state index contributed by atoms with van der Waals surface area (Å²) < 4.78 is 38.6. The smallest absolute Gasteiger partial charge is 0.338 e. The highest BCUT2D eigenvalue weighted by atomic mass is 32.2. The number of esters is 1. The van der Waals surface area contributed by atoms with Crippen molar-refractivity contribution in [1.82, 2.24) is 0 Å². The predicted molar refractivity (Wildman–Crippen MR) is 103 cm³/mol. The maximum absolute atomic E-state index is 12.3. The van der Waals surface area contributed by atoms with Gasteiger partial charge in [-0.25, -0.2) is 13.2 Å². The topological polar surface area (TPSA) is 108 Å². The van der Waals surface area contributed by atoms with E-state index in [-0.39, 0.29) is 10.5 Å². The second-order valence-electron chi connectivity index (χ2n) is 5.94. The largest absolute Gasteiger partial charge is 0.497 e. The zero-order valence-corrected chi connectivity index (χ0v) is 16.8. The summed E-state index contributed by atoms with van der Waals surface area (Å²) in [6, 6.07) is 9.01. The molecule has 0 fully saturated rings. The number of amides is 1. The van der Waals surface area contributed by atoms with Crippen molar-refractivity contribution in [2.45, 2.75) is 11.8 Å². The molecule has 0 radical (unpaired) electrons. The van der Waals surface area contributed by atoms with Crippen LogP contribution in [-0.4, -0.2) is 47.4 Å². The van der Waals surface area contributed by atoms with Gasteiger partial charge in [-0.1, -0.05) is 6.07 Å². The van der Waals surface area contributed by atoms with E-state index >= 15 is 0 Å². The molecule has 0 atom stereocenters. The van der Waals surface area contributed by atoms with Crippen LogP contribution >= 0.6 is 0 Å². The molecular formula is C19H21NO7S. The molecule has 0 aliphatic rings. The van der Waals surface area contributed by atoms with Crippen LogP contribution in [0.5, 0.6) is 11.5 Å². The second-order valence-corrected chi connectivity index (χ2v) is 7.96. The number of benzene rings is 2. The van der Waals surface area contributed by atoms with Crippen molar-refractivity contribution in [3.05, 3.63) is 47.5 Å². The first-order chi connectivity index (χ1) is 13.2. The number of anilines is 1. The third-order valence-corrected chi connectivity index (χ3v) is 4.98. The lowest BCUT2D eigenvalue weighted by Gasteiger charge is -2.12. The highest BCUT2D eigenvalue weighted by Crippen LogP contribution is 2.28. The van der Waals surface area contributed by atoms with E-state index in [0.717, 1.165) is 6.26 Å². The molecule has 2 aromatic rings. The summed E-state index contributed by atoms with van der Waals surface area (Å²) in [5.41, 5.74) is 0.972. The van der Waals surface area contributed by atoms with E-state index in [4.69, 9.17) is 14.2 Å². The quantitative estimate of drug-likeness (QED) is 0.701. The van der Waals surface area contributed by atoms with Crippen LogP contribution in [0, 0.1) is 6.92 Å². The van der Waals surface area contributed by atoms with Gasteiger partial charge in [-0.05, 0) is 36.8 Å². The number of hydrogen-bond donors (Lipinski definition) is 1. The molecule has 0 saturated carbocycles. The molecule has 0 spiro atoms. The molecule has 0 bridgehead atoms. The van der Waals surface area contributed by atoms with Gasteiger partial charge in [0.25, 0.3) is 5.91 Å². The van der Waals surface area contributed by atoms with Gasteiger partial charge in [0.15, 0.2) is 16.4 Å². The van der Waals surface area contributed by atoms with Crippen LogP contribution in [-0.2, 0) is 19.4 Å². The van der Waals surface area contributed by atoms with Gasteiger partial charge in [0.2, 0.25) is 0 Å². The molecule has 0 aromatic heterocycles. The second kappa shape index (κ2) is 8.75. The first-order valence-electron chi connectivity index (χ1n) is 8.15. The van der Waals surface area contributed by atoms with Crippen molar-refractivity contribution in [2.75, 3.05) is 32.4 Å². The van der Waals surface area contributed by atoms with Crippen molar-refractivity contribution >= 4 is 27.4 Å². The molecule has 0 heterocycles. The van der Waals surface area contributed by atoms with E-state index in [1.165, 1.54) is 32.4 Å². The van der Waals surface area contributed by atoms with Crippen LogP contribution in [0.4, 0.5) is 5.69 Å². The number of nitrogens with one attached hydrogen (secondary N) is 1. The third-order valence-electron chi connectivity index (χ3n) is 3.87. The number of sulfone groups is 1. The molecule has 0 saturated heterocycles. The number of carbonyl (C=O) groups is 2. The number of hydrogen-bond acceptors (Lipinski definition) is 7. The number of carbonyl (C=O) groups excluding carboxylic acids is 2. The number of rotatable bonds is 7. The molecule has 8 nitrogen and oxygen atoms in total. The first kappa shape index (κ1) is 21.2. The van der Waals surface area contributed by atoms with Crippen LogP contribution in [0.1, 0.15) is 15.9 Å². The summed E-state index contributed by atoms with van der Waals surface area (Å²) in [5.74, 6) is -0.453. The fraction of sp³-hybridized carbons (Fsp3) is 0.263. The minimum Gasteiger partial charge on any atom is -0.497 e. The van der Waals surface area contributed by atoms with E-state index in [2.05, 4.69) is 5.32 Å². The zero-order chi connectivity index (χ0) is 20.9. The van der Waals surface area contributed by atoms with E-state index in [1.807, 2.05) is 0 Å². The SMILES string of the molecule is COc1ccc(OC)c(NC(=O)COC(=O)c2cc(S(C)(=O)=O)ccc2C)c1. The minimum absolute atomic E-state index is 0.00406. The Morgan fingerprint density at radius 2 is 1.75 bits per heavy atom. The summed E-state index contributed by atoms with van der Waals surface area (Å²) in [5, 5.41) is 2.58. The van der Waals surface area contributed by atoms with Gasteiger partial charge in [0.05, 0.1) is 30.4 Å². The highest BCUT2D eigenvalue weighted by Gasteiger charge is 2.17. The van der Waals surface area contributed by atoms with E-state index in [0.29, 0.717) is 22.7 Å². The standard InChI is InChI=1S/C19H21NO7S/c1-12-5-7-14(28(4,23)24)10-15(12)19(22)27-11-18(21)20-16-9-13(25-2)6-8-17(16)26-3/h5-10H,11H2,1-4H3,(H,20,21). The average molecular weight is 407 g/mol. The molecule has 2 aromatic carbocycles. The zero-order valence-electron chi connectivity index (χ0n) is 15.9. The number of ether oxygens (including phenoxy) is 3. The summed E-state index contributed by atoms with van der Waals surface area (Å²) in [4.78, 5) is 24.4. The first-order valence-corrected chi connectivity index (χ1v) is 10.0. The highest BCUT2D eigenvalue weighted by molar-refractivity contribution is 7.90. The summed E-state index contributed by atoms with van der Waals surface area (Å²) in [7, 11) is -0.533. The fourth-order valence-corrected chi connectivity index (χ4v) is 3.01. The lowest BCUT2D eigenvalue weighted by atomic mass is 10.1. The Morgan fingerprint density at radius 3 is 2.36 bits per heavy atom. The van der Waals surface area contributed by atoms with Crippen molar-refractivity contribution in [2.24, 2.45) is 0 Å². The van der Waals surface area contributed by atoms with Gasteiger partial charge in [0, 0.05) is 12.3 Å². The molecule has 0 aliphatic heterocycles. The molecule has 1 amide bonds. The van der Waals surface area contributed by atoms with Crippen LogP contribution in [0.3, 0.4) is 0 Å². The fourth-order valence-electron chi connectivity index (χ4n) is 2.36. The Kier molecular flexibility index (Phi) is 6.63. The molecule has 28 heavy (non-hydrogen) atoms. The van der Waals surface area contributed by atoms with E-state index < -0.39 is 28.3 Å². The normalized spacial score (nSPS) is 10.9. The maximum atomic E-state index is 12.3. The van der Waals surface area contributed by atoms with E-state index in [9.17, 15) is 18.0 Å². The van der Waals surface area contributed by atoms with E-state index in [1.54, 1.807) is 25.1 Å². The Balaban J connectivity index is 2.08. The van der Waals surface area contributed by atoms with Gasteiger partial charge < -0.3 is 19.5 Å². The number of methoxy groups -OCH3 is 2. The van der Waals surface area contributed by atoms with Crippen LogP contribution in [0.15, 0.2) is 41.3 Å². The van der Waals surface area contributed by atoms with Gasteiger partial charge >= 0.3 is 5.97 Å². The molecule has 0 aliphatic carbocycles. The monoisotopic (exact) mass is 407 g/mol. The average Bonchev–Trinajstić information content (AvgIpc) is 2.65. The predicted octanol–water partition coefficient (Wildman–Crippen LogP) is 2.21. The molecule has 0 unspecified atom stereocenters. The molecule has 1 N–H and O–H groups in total. The van der Waals surface area contributed by atoms with Crippen LogP contribution in [0.25, 0.3) is 0 Å². The van der Waals surface area contributed by atoms with Gasteiger partial charge in [0.1, 0.15) is 11.5 Å². The van der Waals surface area contributed by atoms with Crippen molar-refractivity contribution in [3.8, 4) is 11.5 Å². The number of aryl methyl sites for hydroxylation is 1. The minimum atomic E-state index is -3.47. The Labute approximate surface area is 163 Å². The van der Waals surface area contributed by atoms with Crippen LogP contribution < -0.4 is 14.8 Å². The van der Waals surface area contributed by atoms with Crippen LogP contribution in [0.2, 0.25) is 0 Å². The summed E-state index contributed by atoms with van der Waals surface area (Å²) in [6.45, 7) is 1.09.